The van der Waals surface area contributed by atoms with Crippen LogP contribution in [0.1, 0.15) is 27.4 Å². The maximum absolute atomic E-state index is 13.3. The minimum absolute atomic E-state index is 0.254. The molecule has 0 saturated heterocycles. The molecule has 5 rings (SSSR count). The molecule has 2 aromatic carbocycles. The van der Waals surface area contributed by atoms with Crippen molar-refractivity contribution in [1.29, 1.82) is 0 Å². The molecule has 176 valence electrons. The fourth-order valence-corrected chi connectivity index (χ4v) is 4.73. The summed E-state index contributed by atoms with van der Waals surface area (Å²) in [6.07, 6.45) is 3.63. The molecule has 3 aromatic heterocycles. The van der Waals surface area contributed by atoms with Gasteiger partial charge in [0.05, 0.1) is 27.4 Å². The van der Waals surface area contributed by atoms with Crippen LogP contribution >= 0.6 is 11.3 Å². The highest BCUT2D eigenvalue weighted by Crippen LogP contribution is 2.38. The molecule has 0 spiro atoms. The number of nitrogens with zero attached hydrogens (tertiary/aromatic N) is 4. The number of benzene rings is 2. The molecular weight excluding hydrogens is 462 g/mol. The average Bonchev–Trinajstić information content (AvgIpc) is 3.57. The topological polar surface area (TPSA) is 95.1 Å². The molecule has 35 heavy (non-hydrogen) atoms. The molecule has 5 aromatic rings. The van der Waals surface area contributed by atoms with Crippen LogP contribution in [0.4, 0.5) is 5.13 Å². The number of aromatic nitrogens is 4. The summed E-state index contributed by atoms with van der Waals surface area (Å²) in [4.78, 5) is 23.4. The third kappa shape index (κ3) is 4.58. The Balaban J connectivity index is 1.43. The van der Waals surface area contributed by atoms with E-state index in [1.165, 1.54) is 11.3 Å². The summed E-state index contributed by atoms with van der Waals surface area (Å²) in [5, 5.41) is 7.38. The Labute approximate surface area is 206 Å². The van der Waals surface area contributed by atoms with Crippen LogP contribution in [0.2, 0.25) is 0 Å². The van der Waals surface area contributed by atoms with E-state index in [1.54, 1.807) is 24.4 Å². The number of para-hydroxylation sites is 1. The lowest BCUT2D eigenvalue weighted by Crippen LogP contribution is -2.13. The van der Waals surface area contributed by atoms with Crippen molar-refractivity contribution in [2.24, 2.45) is 7.05 Å². The van der Waals surface area contributed by atoms with Crippen molar-refractivity contribution in [1.82, 2.24) is 19.7 Å². The normalized spacial score (nSPS) is 10.9. The standard InChI is InChI=1S/C26H23N5O3S/c1-16-20(17(2)34-30-16)15-33-21-12-8-7-11-19(21)25(32)29-26-28-22(18-9-5-4-6-10-18)23(35-26)24-27-13-14-31(24)3/h4-14H,15H2,1-3H3,(H,28,29,32). The van der Waals surface area contributed by atoms with Gasteiger partial charge in [-0.05, 0) is 26.0 Å². The molecule has 1 amide bonds. The second kappa shape index (κ2) is 9.55. The number of imidazole rings is 1. The number of rotatable bonds is 7. The first kappa shape index (κ1) is 22.5. The van der Waals surface area contributed by atoms with E-state index in [4.69, 9.17) is 14.2 Å². The molecule has 0 unspecified atom stereocenters. The highest BCUT2D eigenvalue weighted by molar-refractivity contribution is 7.19. The zero-order valence-electron chi connectivity index (χ0n) is 19.5. The minimum Gasteiger partial charge on any atom is -0.488 e. The van der Waals surface area contributed by atoms with E-state index in [1.807, 2.05) is 68.1 Å². The summed E-state index contributed by atoms with van der Waals surface area (Å²) >= 11 is 1.38. The van der Waals surface area contributed by atoms with Gasteiger partial charge in [-0.3, -0.25) is 10.1 Å². The van der Waals surface area contributed by atoms with Gasteiger partial charge in [0.15, 0.2) is 11.0 Å². The monoisotopic (exact) mass is 485 g/mol. The number of nitrogens with one attached hydrogen (secondary N) is 1. The predicted octanol–water partition coefficient (Wildman–Crippen LogP) is 5.65. The Morgan fingerprint density at radius 2 is 1.89 bits per heavy atom. The van der Waals surface area contributed by atoms with E-state index in [2.05, 4.69) is 15.5 Å². The Kier molecular flexibility index (Phi) is 6.15. The Morgan fingerprint density at radius 3 is 2.60 bits per heavy atom. The number of carbonyl (C=O) groups excluding carboxylic acids is 1. The Bertz CT molecular complexity index is 1470. The third-order valence-electron chi connectivity index (χ3n) is 5.60. The number of amides is 1. The van der Waals surface area contributed by atoms with Gasteiger partial charge in [-0.1, -0.05) is 59.0 Å². The van der Waals surface area contributed by atoms with Crippen LogP contribution in [0.3, 0.4) is 0 Å². The maximum atomic E-state index is 13.3. The van der Waals surface area contributed by atoms with E-state index in [0.717, 1.165) is 33.2 Å². The van der Waals surface area contributed by atoms with Crippen LogP contribution < -0.4 is 10.1 Å². The second-order valence-electron chi connectivity index (χ2n) is 7.97. The first-order chi connectivity index (χ1) is 17.0. The molecular formula is C26H23N5O3S. The molecule has 0 aliphatic carbocycles. The minimum atomic E-state index is -0.306. The quantitative estimate of drug-likeness (QED) is 0.320. The van der Waals surface area contributed by atoms with E-state index in [9.17, 15) is 4.79 Å². The molecule has 0 radical (unpaired) electrons. The van der Waals surface area contributed by atoms with Crippen molar-refractivity contribution in [3.05, 3.63) is 89.6 Å². The fourth-order valence-electron chi connectivity index (χ4n) is 3.70. The smallest absolute Gasteiger partial charge is 0.261 e. The number of hydrogen-bond donors (Lipinski definition) is 1. The summed E-state index contributed by atoms with van der Waals surface area (Å²) in [7, 11) is 1.93. The first-order valence-corrected chi connectivity index (χ1v) is 11.8. The third-order valence-corrected chi connectivity index (χ3v) is 6.57. The van der Waals surface area contributed by atoms with Crippen LogP contribution in [0.15, 0.2) is 71.5 Å². The number of carbonyl (C=O) groups is 1. The molecule has 3 heterocycles. The van der Waals surface area contributed by atoms with Crippen molar-refractivity contribution < 1.29 is 14.1 Å². The first-order valence-electron chi connectivity index (χ1n) is 11.0. The predicted molar refractivity (Wildman–Crippen MR) is 134 cm³/mol. The van der Waals surface area contributed by atoms with Gasteiger partial charge in [0.2, 0.25) is 0 Å². The number of aryl methyl sites for hydroxylation is 3. The molecule has 0 bridgehead atoms. The molecule has 0 saturated carbocycles. The van der Waals surface area contributed by atoms with E-state index >= 15 is 0 Å². The fraction of sp³-hybridized carbons (Fsp3) is 0.154. The van der Waals surface area contributed by atoms with Gasteiger partial charge in [-0.25, -0.2) is 9.97 Å². The summed E-state index contributed by atoms with van der Waals surface area (Å²) in [6, 6.07) is 17.0. The summed E-state index contributed by atoms with van der Waals surface area (Å²) in [6.45, 7) is 3.95. The number of thiazole rings is 1. The highest BCUT2D eigenvalue weighted by atomic mass is 32.1. The molecule has 0 atom stereocenters. The van der Waals surface area contributed by atoms with Crippen molar-refractivity contribution >= 4 is 22.4 Å². The van der Waals surface area contributed by atoms with Crippen molar-refractivity contribution in [2.45, 2.75) is 20.5 Å². The van der Waals surface area contributed by atoms with Crippen molar-refractivity contribution in [3.63, 3.8) is 0 Å². The molecule has 0 aliphatic heterocycles. The maximum Gasteiger partial charge on any atom is 0.261 e. The molecule has 1 N–H and O–H groups in total. The van der Waals surface area contributed by atoms with E-state index < -0.39 is 0 Å². The molecule has 8 nitrogen and oxygen atoms in total. The number of hydrogen-bond acceptors (Lipinski definition) is 7. The van der Waals surface area contributed by atoms with Crippen LogP contribution in [-0.4, -0.2) is 25.6 Å². The molecule has 0 aliphatic rings. The van der Waals surface area contributed by atoms with Gasteiger partial charge in [-0.15, -0.1) is 0 Å². The van der Waals surface area contributed by atoms with Gasteiger partial charge in [0, 0.05) is 25.0 Å². The Morgan fingerprint density at radius 1 is 1.11 bits per heavy atom. The SMILES string of the molecule is Cc1noc(C)c1COc1ccccc1C(=O)Nc1nc(-c2ccccc2)c(-c2nccn2C)s1. The lowest BCUT2D eigenvalue weighted by molar-refractivity contribution is 0.102. The second-order valence-corrected chi connectivity index (χ2v) is 8.97. The van der Waals surface area contributed by atoms with Gasteiger partial charge in [0.1, 0.15) is 18.1 Å². The zero-order chi connectivity index (χ0) is 24.4. The Hall–Kier alpha value is -4.24. The molecule has 0 fully saturated rings. The number of anilines is 1. The van der Waals surface area contributed by atoms with Gasteiger partial charge in [0.25, 0.3) is 5.91 Å². The van der Waals surface area contributed by atoms with E-state index in [-0.39, 0.29) is 12.5 Å². The average molecular weight is 486 g/mol. The summed E-state index contributed by atoms with van der Waals surface area (Å²) in [5.41, 5.74) is 3.76. The largest absolute Gasteiger partial charge is 0.488 e. The van der Waals surface area contributed by atoms with Crippen LogP contribution in [0.5, 0.6) is 5.75 Å². The van der Waals surface area contributed by atoms with Crippen molar-refractivity contribution in [3.8, 4) is 27.7 Å². The summed E-state index contributed by atoms with van der Waals surface area (Å²) < 4.78 is 13.1. The van der Waals surface area contributed by atoms with Gasteiger partial charge >= 0.3 is 0 Å². The highest BCUT2D eigenvalue weighted by Gasteiger charge is 2.21. The molecule has 9 heteroatoms. The lowest BCUT2D eigenvalue weighted by Gasteiger charge is -2.10. The van der Waals surface area contributed by atoms with Gasteiger partial charge < -0.3 is 13.8 Å². The van der Waals surface area contributed by atoms with Crippen LogP contribution in [0, 0.1) is 13.8 Å². The van der Waals surface area contributed by atoms with Crippen LogP contribution in [-0.2, 0) is 13.7 Å². The number of ether oxygens (including phenoxy) is 1. The zero-order valence-corrected chi connectivity index (χ0v) is 20.3. The summed E-state index contributed by atoms with van der Waals surface area (Å²) in [5.74, 6) is 1.64. The van der Waals surface area contributed by atoms with Crippen molar-refractivity contribution in [2.75, 3.05) is 5.32 Å². The van der Waals surface area contributed by atoms with E-state index in [0.29, 0.717) is 22.2 Å². The van der Waals surface area contributed by atoms with Crippen LogP contribution in [0.25, 0.3) is 22.0 Å². The lowest BCUT2D eigenvalue weighted by atomic mass is 10.1. The van der Waals surface area contributed by atoms with Gasteiger partial charge in [-0.2, -0.15) is 0 Å².